The van der Waals surface area contributed by atoms with Crippen molar-refractivity contribution in [1.29, 1.82) is 0 Å². The van der Waals surface area contributed by atoms with Gasteiger partial charge in [0.1, 0.15) is 0 Å². The first-order valence-corrected chi connectivity index (χ1v) is 5.98. The molecule has 20 heavy (non-hydrogen) atoms. The number of nitrogens with one attached hydrogen (secondary N) is 3. The number of Topliss-reactive ketones (excluding diaryl/α,β-unsaturated/α-hetero) is 1. The van der Waals surface area contributed by atoms with Crippen molar-refractivity contribution in [3.63, 3.8) is 0 Å². The highest BCUT2D eigenvalue weighted by Gasteiger charge is 2.13. The van der Waals surface area contributed by atoms with Gasteiger partial charge in [0.25, 0.3) is 0 Å². The fraction of sp³-hybridized carbons (Fsp3) is 0.250. The van der Waals surface area contributed by atoms with Crippen LogP contribution in [-0.2, 0) is 0 Å². The minimum absolute atomic E-state index is 0.0215. The molecule has 2 aromatic rings. The summed E-state index contributed by atoms with van der Waals surface area (Å²) in [7, 11) is 0. The number of urea groups is 1. The van der Waals surface area contributed by atoms with E-state index in [0.717, 1.165) is 0 Å². The number of amides is 2. The Hall–Kier alpha value is -2.77. The SMILES string of the molecule is CC(=O)c1ccc(NC(=O)NC(C)c2nn[nH]n2)cc1. The predicted octanol–water partition coefficient (Wildman–Crippen LogP) is 1.28. The number of aromatic nitrogens is 4. The molecule has 0 fully saturated rings. The number of tetrazole rings is 1. The molecular formula is C12H14N6O2. The molecule has 104 valence electrons. The van der Waals surface area contributed by atoms with Gasteiger partial charge in [0, 0.05) is 11.3 Å². The summed E-state index contributed by atoms with van der Waals surface area (Å²) >= 11 is 0. The van der Waals surface area contributed by atoms with Crippen molar-refractivity contribution in [3.05, 3.63) is 35.7 Å². The molecule has 0 aliphatic carbocycles. The maximum absolute atomic E-state index is 11.8. The number of H-pyrrole nitrogens is 1. The Balaban J connectivity index is 1.92. The summed E-state index contributed by atoms with van der Waals surface area (Å²) in [6.07, 6.45) is 0. The monoisotopic (exact) mass is 274 g/mol. The lowest BCUT2D eigenvalue weighted by atomic mass is 10.1. The topological polar surface area (TPSA) is 113 Å². The second-order valence-corrected chi connectivity index (χ2v) is 4.22. The number of ketones is 1. The highest BCUT2D eigenvalue weighted by atomic mass is 16.2. The van der Waals surface area contributed by atoms with Crippen LogP contribution in [0.4, 0.5) is 10.5 Å². The third-order valence-corrected chi connectivity index (χ3v) is 2.65. The van der Waals surface area contributed by atoms with E-state index in [9.17, 15) is 9.59 Å². The van der Waals surface area contributed by atoms with E-state index in [2.05, 4.69) is 31.3 Å². The van der Waals surface area contributed by atoms with Gasteiger partial charge >= 0.3 is 6.03 Å². The van der Waals surface area contributed by atoms with Crippen LogP contribution in [0.15, 0.2) is 24.3 Å². The van der Waals surface area contributed by atoms with Crippen LogP contribution in [0.25, 0.3) is 0 Å². The Morgan fingerprint density at radius 3 is 2.50 bits per heavy atom. The van der Waals surface area contributed by atoms with Gasteiger partial charge in [0.2, 0.25) is 0 Å². The van der Waals surface area contributed by atoms with Crippen LogP contribution in [0.5, 0.6) is 0 Å². The summed E-state index contributed by atoms with van der Waals surface area (Å²) in [4.78, 5) is 22.9. The largest absolute Gasteiger partial charge is 0.328 e. The first kappa shape index (κ1) is 13.7. The number of anilines is 1. The lowest BCUT2D eigenvalue weighted by Gasteiger charge is -2.11. The quantitative estimate of drug-likeness (QED) is 0.727. The number of hydrogen-bond acceptors (Lipinski definition) is 5. The van der Waals surface area contributed by atoms with E-state index in [1.165, 1.54) is 6.92 Å². The van der Waals surface area contributed by atoms with Gasteiger partial charge in [-0.25, -0.2) is 4.79 Å². The second kappa shape index (κ2) is 5.91. The van der Waals surface area contributed by atoms with Crippen molar-refractivity contribution in [2.45, 2.75) is 19.9 Å². The smallest absolute Gasteiger partial charge is 0.319 e. The molecule has 2 rings (SSSR count). The van der Waals surface area contributed by atoms with Crippen molar-refractivity contribution in [2.24, 2.45) is 0 Å². The van der Waals surface area contributed by atoms with Crippen LogP contribution in [0, 0.1) is 0 Å². The van der Waals surface area contributed by atoms with E-state index >= 15 is 0 Å². The summed E-state index contributed by atoms with van der Waals surface area (Å²) in [6, 6.07) is 5.87. The van der Waals surface area contributed by atoms with Crippen LogP contribution in [0.1, 0.15) is 36.1 Å². The second-order valence-electron chi connectivity index (χ2n) is 4.22. The van der Waals surface area contributed by atoms with Crippen molar-refractivity contribution >= 4 is 17.5 Å². The Morgan fingerprint density at radius 2 is 1.95 bits per heavy atom. The molecule has 1 atom stereocenters. The summed E-state index contributed by atoms with van der Waals surface area (Å²) in [6.45, 7) is 3.23. The molecule has 8 heteroatoms. The van der Waals surface area contributed by atoms with Gasteiger partial charge < -0.3 is 10.6 Å². The molecule has 8 nitrogen and oxygen atoms in total. The first-order chi connectivity index (χ1) is 9.56. The lowest BCUT2D eigenvalue weighted by Crippen LogP contribution is -2.31. The molecule has 1 aromatic carbocycles. The number of hydrogen-bond donors (Lipinski definition) is 3. The highest BCUT2D eigenvalue weighted by Crippen LogP contribution is 2.10. The Morgan fingerprint density at radius 1 is 1.25 bits per heavy atom. The van der Waals surface area contributed by atoms with Gasteiger partial charge in [-0.05, 0) is 38.1 Å². The maximum atomic E-state index is 11.8. The van der Waals surface area contributed by atoms with E-state index in [0.29, 0.717) is 17.1 Å². The molecule has 2 amide bonds. The molecule has 1 heterocycles. The van der Waals surface area contributed by atoms with Crippen molar-refractivity contribution in [2.75, 3.05) is 5.32 Å². The standard InChI is InChI=1S/C12H14N6O2/c1-7(11-15-17-18-16-11)13-12(20)14-10-5-3-9(4-6-10)8(2)19/h3-7H,1-2H3,(H2,13,14,20)(H,15,16,17,18). The molecule has 1 unspecified atom stereocenters. The summed E-state index contributed by atoms with van der Waals surface area (Å²) in [5.74, 6) is 0.374. The van der Waals surface area contributed by atoms with Crippen LogP contribution in [0.3, 0.4) is 0 Å². The molecule has 0 aliphatic heterocycles. The van der Waals surface area contributed by atoms with Gasteiger partial charge in [0.15, 0.2) is 11.6 Å². The molecule has 0 bridgehead atoms. The van der Waals surface area contributed by atoms with Crippen molar-refractivity contribution in [1.82, 2.24) is 25.9 Å². The Kier molecular flexibility index (Phi) is 4.04. The third-order valence-electron chi connectivity index (χ3n) is 2.65. The lowest BCUT2D eigenvalue weighted by molar-refractivity contribution is 0.101. The highest BCUT2D eigenvalue weighted by molar-refractivity contribution is 5.95. The molecule has 0 radical (unpaired) electrons. The van der Waals surface area contributed by atoms with E-state index in [4.69, 9.17) is 0 Å². The van der Waals surface area contributed by atoms with E-state index in [1.807, 2.05) is 0 Å². The molecule has 0 saturated heterocycles. The van der Waals surface area contributed by atoms with Gasteiger partial charge in [-0.2, -0.15) is 5.21 Å². The number of nitrogens with zero attached hydrogens (tertiary/aromatic N) is 3. The third kappa shape index (κ3) is 3.37. The molecule has 0 saturated carbocycles. The van der Waals surface area contributed by atoms with E-state index in [-0.39, 0.29) is 11.8 Å². The average Bonchev–Trinajstić information content (AvgIpc) is 2.93. The van der Waals surface area contributed by atoms with Crippen LogP contribution >= 0.6 is 0 Å². The maximum Gasteiger partial charge on any atom is 0.319 e. The average molecular weight is 274 g/mol. The van der Waals surface area contributed by atoms with Gasteiger partial charge in [-0.1, -0.05) is 5.21 Å². The van der Waals surface area contributed by atoms with Crippen molar-refractivity contribution < 1.29 is 9.59 Å². The zero-order valence-electron chi connectivity index (χ0n) is 11.0. The summed E-state index contributed by atoms with van der Waals surface area (Å²) in [5.41, 5.74) is 1.18. The number of aromatic amines is 1. The first-order valence-electron chi connectivity index (χ1n) is 5.98. The molecular weight excluding hydrogens is 260 g/mol. The fourth-order valence-electron chi connectivity index (χ4n) is 1.57. The summed E-state index contributed by atoms with van der Waals surface area (Å²) in [5, 5.41) is 18.6. The van der Waals surface area contributed by atoms with E-state index in [1.54, 1.807) is 31.2 Å². The van der Waals surface area contributed by atoms with Crippen LogP contribution < -0.4 is 10.6 Å². The normalized spacial score (nSPS) is 11.7. The van der Waals surface area contributed by atoms with Gasteiger partial charge in [-0.3, -0.25) is 4.79 Å². The minimum Gasteiger partial charge on any atom is -0.328 e. The van der Waals surface area contributed by atoms with Gasteiger partial charge in [-0.15, -0.1) is 10.2 Å². The van der Waals surface area contributed by atoms with E-state index < -0.39 is 6.03 Å². The van der Waals surface area contributed by atoms with Gasteiger partial charge in [0.05, 0.1) is 6.04 Å². The molecule has 3 N–H and O–H groups in total. The van der Waals surface area contributed by atoms with Crippen molar-refractivity contribution in [3.8, 4) is 0 Å². The summed E-state index contributed by atoms with van der Waals surface area (Å²) < 4.78 is 0. The number of carbonyl (C=O) groups is 2. The zero-order valence-corrected chi connectivity index (χ0v) is 11.0. The number of carbonyl (C=O) groups excluding carboxylic acids is 2. The Labute approximate surface area is 115 Å². The predicted molar refractivity (Wildman–Crippen MR) is 71.2 cm³/mol. The Bertz CT molecular complexity index is 593. The fourth-order valence-corrected chi connectivity index (χ4v) is 1.57. The van der Waals surface area contributed by atoms with Crippen LogP contribution in [-0.4, -0.2) is 32.4 Å². The zero-order chi connectivity index (χ0) is 14.5. The molecule has 0 aliphatic rings. The number of benzene rings is 1. The van der Waals surface area contributed by atoms with Crippen LogP contribution in [0.2, 0.25) is 0 Å². The molecule has 0 spiro atoms. The number of rotatable bonds is 4. The minimum atomic E-state index is -0.391. The molecule has 1 aromatic heterocycles.